The number of carboxylic acid groups (broad SMARTS) is 2. The van der Waals surface area contributed by atoms with Gasteiger partial charge in [-0.1, -0.05) is 12.1 Å². The van der Waals surface area contributed by atoms with Crippen LogP contribution in [0.1, 0.15) is 50.3 Å². The minimum atomic E-state index is -1.00. The van der Waals surface area contributed by atoms with Crippen molar-refractivity contribution in [2.75, 3.05) is 19.4 Å². The lowest BCUT2D eigenvalue weighted by molar-refractivity contribution is -0.143. The molecule has 1 aliphatic rings. The van der Waals surface area contributed by atoms with Crippen LogP contribution < -0.4 is 27.3 Å². The van der Waals surface area contributed by atoms with Crippen LogP contribution in [0.25, 0.3) is 27.8 Å². The van der Waals surface area contributed by atoms with Crippen LogP contribution in [0.3, 0.4) is 0 Å². The normalized spacial score (nSPS) is 17.3. The molecule has 1 saturated carbocycles. The predicted molar refractivity (Wildman–Crippen MR) is 156 cm³/mol. The van der Waals surface area contributed by atoms with Gasteiger partial charge in [-0.15, -0.1) is 0 Å². The first-order valence-corrected chi connectivity index (χ1v) is 13.5. The summed E-state index contributed by atoms with van der Waals surface area (Å²) in [7, 11) is 1.64. The van der Waals surface area contributed by atoms with Gasteiger partial charge in [0, 0.05) is 17.8 Å². The van der Waals surface area contributed by atoms with Gasteiger partial charge >= 0.3 is 11.9 Å². The fraction of sp³-hybridized carbons (Fsp3) is 0.407. The second-order valence-electron chi connectivity index (χ2n) is 10.1. The first-order chi connectivity index (χ1) is 20.1. The highest BCUT2D eigenvalue weighted by atomic mass is 16.5. The quantitative estimate of drug-likeness (QED) is 0.0802. The summed E-state index contributed by atoms with van der Waals surface area (Å²) in [5, 5.41) is 32.4. The van der Waals surface area contributed by atoms with Crippen molar-refractivity contribution in [2.45, 2.75) is 50.5 Å². The van der Waals surface area contributed by atoms with E-state index in [1.807, 2.05) is 24.3 Å². The average Bonchev–Trinajstić information content (AvgIpc) is 3.58. The third-order valence-corrected chi connectivity index (χ3v) is 7.35. The van der Waals surface area contributed by atoms with Crippen LogP contribution in [-0.4, -0.2) is 72.4 Å². The summed E-state index contributed by atoms with van der Waals surface area (Å²) < 4.78 is 7.22. The molecule has 0 amide bonds. The lowest BCUT2D eigenvalue weighted by Crippen LogP contribution is -2.34. The van der Waals surface area contributed by atoms with Crippen molar-refractivity contribution in [2.24, 2.45) is 17.4 Å². The van der Waals surface area contributed by atoms with Crippen LogP contribution in [0.5, 0.6) is 5.75 Å². The molecule has 11 N–H and O–H groups in total. The van der Waals surface area contributed by atoms with Crippen molar-refractivity contribution in [1.82, 2.24) is 29.9 Å². The van der Waals surface area contributed by atoms with Crippen molar-refractivity contribution in [3.63, 3.8) is 0 Å². The number of nitrogen functional groups attached to an aromatic ring is 1. The monoisotopic (exact) mass is 580 g/mol. The van der Waals surface area contributed by atoms with Crippen LogP contribution in [0.2, 0.25) is 0 Å². The van der Waals surface area contributed by atoms with Crippen molar-refractivity contribution >= 4 is 40.1 Å². The largest absolute Gasteiger partial charge is 0.495 e. The van der Waals surface area contributed by atoms with Crippen molar-refractivity contribution in [1.29, 1.82) is 5.41 Å². The highest BCUT2D eigenvalue weighted by Crippen LogP contribution is 2.39. The third-order valence-electron chi connectivity index (χ3n) is 7.35. The maximum Gasteiger partial charge on any atom is 0.320 e. The van der Waals surface area contributed by atoms with Crippen molar-refractivity contribution in [3.05, 3.63) is 36.4 Å². The number of guanidine groups is 1. The summed E-state index contributed by atoms with van der Waals surface area (Å²) in [6, 6.07) is 7.03. The molecule has 15 heteroatoms. The number of fused-ring (bicyclic) bond motifs is 2. The number of carbonyl (C=O) groups is 2. The lowest BCUT2D eigenvalue weighted by atomic mass is 9.82. The Hall–Kier alpha value is -4.92. The summed E-state index contributed by atoms with van der Waals surface area (Å²) in [5.74, 6) is -0.105. The molecule has 42 heavy (non-hydrogen) atoms. The number of hydrogen-bond donors (Lipinski definition) is 8. The number of para-hydroxylation sites is 1. The minimum Gasteiger partial charge on any atom is -0.495 e. The molecule has 15 nitrogen and oxygen atoms in total. The Labute approximate surface area is 241 Å². The van der Waals surface area contributed by atoms with E-state index < -0.39 is 18.0 Å². The van der Waals surface area contributed by atoms with Crippen LogP contribution in [0.4, 0.5) is 5.82 Å². The van der Waals surface area contributed by atoms with E-state index in [2.05, 4.69) is 20.4 Å². The molecular weight excluding hydrogens is 544 g/mol. The van der Waals surface area contributed by atoms with Crippen LogP contribution in [0, 0.1) is 11.3 Å². The molecular formula is C27H36N10O5. The first-order valence-electron chi connectivity index (χ1n) is 13.5. The second-order valence-corrected chi connectivity index (χ2v) is 10.1. The zero-order chi connectivity index (χ0) is 30.4. The standard InChI is InChI=1S/C21H22N6O3.C6H14N4O2/c1-30-15-4-2-3-13-9-14(25-16(13)15)17-18-19(22)23-10-24-27(18)20(26-17)11-5-7-12(8-6-11)21(28)29;7-4(5(11)12)2-1-3-10-6(8)9/h2-4,9-12,25H,5-8H2,1H3,(H,28,29)(H2,22,23,24);4H,1-3,7H2,(H,11,12)(H4,8,9,10)/t11-,12-;4-/m.0/s1. The molecule has 0 unspecified atom stereocenters. The van der Waals surface area contributed by atoms with Gasteiger partial charge in [0.25, 0.3) is 0 Å². The molecule has 0 radical (unpaired) electrons. The Bertz CT molecular complexity index is 1570. The molecule has 1 atom stereocenters. The summed E-state index contributed by atoms with van der Waals surface area (Å²) >= 11 is 0. The van der Waals surface area contributed by atoms with E-state index in [0.717, 1.165) is 41.0 Å². The molecule has 1 fully saturated rings. The lowest BCUT2D eigenvalue weighted by Gasteiger charge is -2.24. The molecule has 1 aromatic carbocycles. The van der Waals surface area contributed by atoms with E-state index in [-0.39, 0.29) is 17.8 Å². The Balaban J connectivity index is 0.000000288. The summed E-state index contributed by atoms with van der Waals surface area (Å²) in [6.45, 7) is 0.482. The molecule has 4 aromatic rings. The van der Waals surface area contributed by atoms with E-state index in [0.29, 0.717) is 49.3 Å². The number of methoxy groups -OCH3 is 1. The van der Waals surface area contributed by atoms with Gasteiger partial charge in [-0.05, 0) is 50.7 Å². The molecule has 1 aliphatic carbocycles. The van der Waals surface area contributed by atoms with Gasteiger partial charge in [-0.2, -0.15) is 5.10 Å². The maximum absolute atomic E-state index is 11.3. The Morgan fingerprint density at radius 2 is 2.00 bits per heavy atom. The number of aromatic amines is 1. The summed E-state index contributed by atoms with van der Waals surface area (Å²) in [6.07, 6.45) is 5.17. The molecule has 3 aromatic heterocycles. The summed E-state index contributed by atoms with van der Waals surface area (Å²) in [5.41, 5.74) is 19.5. The van der Waals surface area contributed by atoms with Crippen LogP contribution in [0.15, 0.2) is 30.6 Å². The number of anilines is 1. The average molecular weight is 581 g/mol. The molecule has 5 rings (SSSR count). The molecule has 0 spiro atoms. The van der Waals surface area contributed by atoms with Gasteiger partial charge in [0.15, 0.2) is 11.8 Å². The highest BCUT2D eigenvalue weighted by Gasteiger charge is 2.31. The molecule has 0 aliphatic heterocycles. The number of aromatic nitrogens is 5. The number of imidazole rings is 1. The maximum atomic E-state index is 11.3. The Kier molecular flexibility index (Phi) is 9.42. The fourth-order valence-electron chi connectivity index (χ4n) is 5.12. The number of nitrogens with two attached hydrogens (primary N) is 3. The number of rotatable bonds is 9. The minimum absolute atomic E-state index is 0.112. The predicted octanol–water partition coefficient (Wildman–Crippen LogP) is 1.88. The first kappa shape index (κ1) is 30.0. The zero-order valence-corrected chi connectivity index (χ0v) is 23.2. The van der Waals surface area contributed by atoms with Crippen LogP contribution >= 0.6 is 0 Å². The number of ether oxygens (including phenoxy) is 1. The van der Waals surface area contributed by atoms with Gasteiger partial charge in [-0.25, -0.2) is 14.5 Å². The number of nitrogens with zero attached hydrogens (tertiary/aromatic N) is 4. The van der Waals surface area contributed by atoms with Gasteiger partial charge in [0.2, 0.25) is 0 Å². The van der Waals surface area contributed by atoms with Crippen molar-refractivity contribution in [3.8, 4) is 17.1 Å². The summed E-state index contributed by atoms with van der Waals surface area (Å²) in [4.78, 5) is 34.0. The third kappa shape index (κ3) is 6.68. The second kappa shape index (κ2) is 13.2. The molecule has 0 bridgehead atoms. The van der Waals surface area contributed by atoms with Crippen molar-refractivity contribution < 1.29 is 24.5 Å². The van der Waals surface area contributed by atoms with E-state index in [1.165, 1.54) is 6.33 Å². The SMILES string of the molecule is COc1cccc2cc(-c3nc([C@H]4CC[C@H](C(=O)O)CC4)n4ncnc(N)c34)[nH]c12.N=C(N)NCCC[C@H](N)C(=O)O. The molecule has 3 heterocycles. The van der Waals surface area contributed by atoms with E-state index >= 15 is 0 Å². The Morgan fingerprint density at radius 3 is 2.64 bits per heavy atom. The highest BCUT2D eigenvalue weighted by molar-refractivity contribution is 5.93. The number of H-pyrrole nitrogens is 1. The number of aliphatic carboxylic acids is 2. The number of nitrogens with one attached hydrogen (secondary N) is 3. The van der Waals surface area contributed by atoms with Gasteiger partial charge in [0.1, 0.15) is 35.2 Å². The number of hydrogen-bond acceptors (Lipinski definition) is 9. The van der Waals surface area contributed by atoms with Gasteiger partial charge in [-0.3, -0.25) is 15.0 Å². The Morgan fingerprint density at radius 1 is 1.26 bits per heavy atom. The smallest absolute Gasteiger partial charge is 0.320 e. The number of carboxylic acids is 2. The topological polar surface area (TPSA) is 257 Å². The van der Waals surface area contributed by atoms with E-state index in [9.17, 15) is 14.7 Å². The van der Waals surface area contributed by atoms with Gasteiger partial charge in [0.05, 0.1) is 24.2 Å². The van der Waals surface area contributed by atoms with Crippen LogP contribution in [-0.2, 0) is 9.59 Å². The van der Waals surface area contributed by atoms with Gasteiger partial charge < -0.3 is 42.5 Å². The number of benzene rings is 1. The fourth-order valence-corrected chi connectivity index (χ4v) is 5.12. The zero-order valence-electron chi connectivity index (χ0n) is 23.2. The molecule has 0 saturated heterocycles. The van der Waals surface area contributed by atoms with E-state index in [4.69, 9.17) is 37.4 Å². The molecule has 224 valence electrons. The van der Waals surface area contributed by atoms with E-state index in [1.54, 1.807) is 11.6 Å².